The molecule has 2 aliphatic rings. The van der Waals surface area contributed by atoms with E-state index in [1.807, 2.05) is 35.2 Å². The van der Waals surface area contributed by atoms with Crippen LogP contribution in [0.2, 0.25) is 0 Å². The van der Waals surface area contributed by atoms with Crippen LogP contribution in [0, 0.1) is 0 Å². The van der Waals surface area contributed by atoms with Gasteiger partial charge >= 0.3 is 0 Å². The van der Waals surface area contributed by atoms with Gasteiger partial charge in [-0.05, 0) is 37.7 Å². The van der Waals surface area contributed by atoms with E-state index in [0.29, 0.717) is 6.61 Å². The van der Waals surface area contributed by atoms with Crippen molar-refractivity contribution >= 4 is 5.91 Å². The zero-order valence-corrected chi connectivity index (χ0v) is 14.2. The molecule has 1 aromatic rings. The second kappa shape index (κ2) is 8.60. The van der Waals surface area contributed by atoms with Crippen LogP contribution in [-0.2, 0) is 14.3 Å². The summed E-state index contributed by atoms with van der Waals surface area (Å²) < 4.78 is 11.7. The number of carbonyl (C=O) groups is 1. The van der Waals surface area contributed by atoms with Crippen LogP contribution in [0.4, 0.5) is 0 Å². The van der Waals surface area contributed by atoms with E-state index in [0.717, 1.165) is 44.5 Å². The highest BCUT2D eigenvalue weighted by Gasteiger charge is 2.28. The Labute approximate surface area is 144 Å². The lowest BCUT2D eigenvalue weighted by atomic mass is 10.0. The van der Waals surface area contributed by atoms with Crippen LogP contribution in [0.15, 0.2) is 30.3 Å². The van der Waals surface area contributed by atoms with Crippen molar-refractivity contribution in [2.75, 3.05) is 26.3 Å². The lowest BCUT2D eigenvalue weighted by Crippen LogP contribution is -2.45. The zero-order valence-electron chi connectivity index (χ0n) is 14.2. The van der Waals surface area contributed by atoms with Crippen molar-refractivity contribution in [3.05, 3.63) is 35.9 Å². The molecule has 1 amide bonds. The summed E-state index contributed by atoms with van der Waals surface area (Å²) in [7, 11) is 0. The first kappa shape index (κ1) is 17.4. The minimum atomic E-state index is -0.570. The molecule has 0 spiro atoms. The Morgan fingerprint density at radius 3 is 2.62 bits per heavy atom. The van der Waals surface area contributed by atoms with Gasteiger partial charge in [0.15, 0.2) is 0 Å². The predicted octanol–water partition coefficient (Wildman–Crippen LogP) is 2.26. The number of piperidine rings is 1. The number of hydrogen-bond acceptors (Lipinski definition) is 4. The molecule has 0 unspecified atom stereocenters. The summed E-state index contributed by atoms with van der Waals surface area (Å²) in [6.07, 6.45) is 5.73. The predicted molar refractivity (Wildman–Crippen MR) is 92.5 cm³/mol. The number of carbonyl (C=O) groups excluding carboxylic acids is 1. The molecule has 0 bridgehead atoms. The third-order valence-electron chi connectivity index (χ3n) is 4.97. The maximum atomic E-state index is 12.6. The van der Waals surface area contributed by atoms with E-state index < -0.39 is 6.04 Å². The number of nitrogens with two attached hydrogens (primary N) is 1. The van der Waals surface area contributed by atoms with Crippen molar-refractivity contribution in [3.8, 4) is 0 Å². The molecular formula is C19H28N2O3. The smallest absolute Gasteiger partial charge is 0.244 e. The number of amides is 1. The standard InChI is InChI=1S/C19H28N2O3/c20-18(15-6-2-1-3-7-15)19(22)21-11-9-16(10-12-21)24-14-17-8-4-5-13-23-17/h1-3,6-7,16-18H,4-5,8-14,20H2/t17-,18-/m0/s1. The van der Waals surface area contributed by atoms with Gasteiger partial charge in [-0.2, -0.15) is 0 Å². The summed E-state index contributed by atoms with van der Waals surface area (Å²) in [5.41, 5.74) is 6.99. The van der Waals surface area contributed by atoms with Gasteiger partial charge in [0.25, 0.3) is 0 Å². The Bertz CT molecular complexity index is 509. The molecule has 0 aliphatic carbocycles. The van der Waals surface area contributed by atoms with Gasteiger partial charge in [-0.3, -0.25) is 4.79 Å². The van der Waals surface area contributed by atoms with Gasteiger partial charge in [-0.25, -0.2) is 0 Å². The zero-order chi connectivity index (χ0) is 16.8. The van der Waals surface area contributed by atoms with E-state index in [2.05, 4.69) is 0 Å². The Morgan fingerprint density at radius 2 is 1.96 bits per heavy atom. The topological polar surface area (TPSA) is 64.8 Å². The number of hydrogen-bond donors (Lipinski definition) is 1. The molecular weight excluding hydrogens is 304 g/mol. The van der Waals surface area contributed by atoms with Crippen LogP contribution < -0.4 is 5.73 Å². The molecule has 0 aromatic heterocycles. The number of benzene rings is 1. The van der Waals surface area contributed by atoms with Crippen LogP contribution in [0.3, 0.4) is 0 Å². The first-order valence-corrected chi connectivity index (χ1v) is 9.06. The molecule has 0 radical (unpaired) electrons. The molecule has 132 valence electrons. The first-order chi connectivity index (χ1) is 11.7. The third-order valence-corrected chi connectivity index (χ3v) is 4.97. The minimum Gasteiger partial charge on any atom is -0.376 e. The Balaban J connectivity index is 1.42. The average Bonchev–Trinajstić information content (AvgIpc) is 2.67. The molecule has 0 saturated carbocycles. The Hall–Kier alpha value is -1.43. The Kier molecular flexibility index (Phi) is 6.24. The van der Waals surface area contributed by atoms with Crippen molar-refractivity contribution in [1.82, 2.24) is 4.90 Å². The SMILES string of the molecule is N[C@H](C(=O)N1CCC(OC[C@@H]2CCCCO2)CC1)c1ccccc1. The molecule has 2 heterocycles. The summed E-state index contributed by atoms with van der Waals surface area (Å²) in [5, 5.41) is 0. The van der Waals surface area contributed by atoms with Gasteiger partial charge in [-0.15, -0.1) is 0 Å². The average molecular weight is 332 g/mol. The summed E-state index contributed by atoms with van der Waals surface area (Å²) in [6.45, 7) is 2.98. The quantitative estimate of drug-likeness (QED) is 0.898. The van der Waals surface area contributed by atoms with E-state index in [4.69, 9.17) is 15.2 Å². The van der Waals surface area contributed by atoms with Gasteiger partial charge in [0.2, 0.25) is 5.91 Å². The molecule has 2 saturated heterocycles. The maximum Gasteiger partial charge on any atom is 0.244 e. The monoisotopic (exact) mass is 332 g/mol. The van der Waals surface area contributed by atoms with E-state index in [1.165, 1.54) is 12.8 Å². The van der Waals surface area contributed by atoms with Gasteiger partial charge in [-0.1, -0.05) is 30.3 Å². The van der Waals surface area contributed by atoms with Crippen molar-refractivity contribution in [1.29, 1.82) is 0 Å². The Morgan fingerprint density at radius 1 is 1.21 bits per heavy atom. The molecule has 5 nitrogen and oxygen atoms in total. The van der Waals surface area contributed by atoms with Crippen LogP contribution in [0.5, 0.6) is 0 Å². The minimum absolute atomic E-state index is 0.00950. The van der Waals surface area contributed by atoms with Crippen molar-refractivity contribution in [3.63, 3.8) is 0 Å². The second-order valence-corrected chi connectivity index (χ2v) is 6.73. The molecule has 2 aliphatic heterocycles. The maximum absolute atomic E-state index is 12.6. The fraction of sp³-hybridized carbons (Fsp3) is 0.632. The highest BCUT2D eigenvalue weighted by atomic mass is 16.5. The third kappa shape index (κ3) is 4.56. The van der Waals surface area contributed by atoms with E-state index in [9.17, 15) is 4.79 Å². The summed E-state index contributed by atoms with van der Waals surface area (Å²) in [5.74, 6) is 0.00950. The second-order valence-electron chi connectivity index (χ2n) is 6.73. The number of likely N-dealkylation sites (tertiary alicyclic amines) is 1. The summed E-state index contributed by atoms with van der Waals surface area (Å²) in [4.78, 5) is 14.4. The molecule has 1 aromatic carbocycles. The van der Waals surface area contributed by atoms with Gasteiger partial charge in [0.1, 0.15) is 6.04 Å². The van der Waals surface area contributed by atoms with Gasteiger partial charge < -0.3 is 20.1 Å². The lowest BCUT2D eigenvalue weighted by Gasteiger charge is -2.34. The highest BCUT2D eigenvalue weighted by Crippen LogP contribution is 2.20. The van der Waals surface area contributed by atoms with Crippen molar-refractivity contribution in [2.24, 2.45) is 5.73 Å². The highest BCUT2D eigenvalue weighted by molar-refractivity contribution is 5.83. The van der Waals surface area contributed by atoms with Crippen LogP contribution >= 0.6 is 0 Å². The molecule has 2 atom stereocenters. The lowest BCUT2D eigenvalue weighted by molar-refractivity contribution is -0.136. The molecule has 3 rings (SSSR count). The van der Waals surface area contributed by atoms with E-state index >= 15 is 0 Å². The molecule has 24 heavy (non-hydrogen) atoms. The fourth-order valence-electron chi connectivity index (χ4n) is 3.42. The van der Waals surface area contributed by atoms with E-state index in [1.54, 1.807) is 0 Å². The normalized spacial score (nSPS) is 23.9. The van der Waals surface area contributed by atoms with Crippen LogP contribution in [0.1, 0.15) is 43.7 Å². The number of nitrogens with zero attached hydrogens (tertiary/aromatic N) is 1. The van der Waals surface area contributed by atoms with Crippen molar-refractivity contribution in [2.45, 2.75) is 50.4 Å². The van der Waals surface area contributed by atoms with Crippen LogP contribution in [-0.4, -0.2) is 49.3 Å². The molecule has 2 fully saturated rings. The summed E-state index contributed by atoms with van der Waals surface area (Å²) in [6, 6.07) is 9.00. The number of ether oxygens (including phenoxy) is 2. The van der Waals surface area contributed by atoms with Crippen LogP contribution in [0.25, 0.3) is 0 Å². The molecule has 5 heteroatoms. The van der Waals surface area contributed by atoms with Crippen molar-refractivity contribution < 1.29 is 14.3 Å². The molecule has 2 N–H and O–H groups in total. The first-order valence-electron chi connectivity index (χ1n) is 9.06. The van der Waals surface area contributed by atoms with Gasteiger partial charge in [0, 0.05) is 19.7 Å². The fourth-order valence-corrected chi connectivity index (χ4v) is 3.42. The summed E-state index contributed by atoms with van der Waals surface area (Å²) >= 11 is 0. The number of rotatable bonds is 5. The largest absolute Gasteiger partial charge is 0.376 e. The van der Waals surface area contributed by atoms with Gasteiger partial charge in [0.05, 0.1) is 18.8 Å². The van der Waals surface area contributed by atoms with E-state index in [-0.39, 0.29) is 18.1 Å².